The largest absolute Gasteiger partial charge is 0.304 e. The molecule has 1 saturated carbocycles. The molecule has 1 heterocycles. The van der Waals surface area contributed by atoms with Crippen molar-refractivity contribution in [3.8, 4) is 11.1 Å². The number of pyridine rings is 1. The van der Waals surface area contributed by atoms with Gasteiger partial charge >= 0.3 is 0 Å². The Kier molecular flexibility index (Phi) is 4.57. The van der Waals surface area contributed by atoms with Crippen LogP contribution in [0.15, 0.2) is 60.8 Å². The molecule has 1 nitrogen and oxygen atoms in total. The van der Waals surface area contributed by atoms with E-state index in [2.05, 4.69) is 60.8 Å². The van der Waals surface area contributed by atoms with Crippen LogP contribution in [0.5, 0.6) is 0 Å². The Hall–Kier alpha value is -2.02. The van der Waals surface area contributed by atoms with E-state index in [4.69, 9.17) is 4.98 Å². The van der Waals surface area contributed by atoms with Crippen LogP contribution in [0, 0.1) is 6.07 Å². The Morgan fingerprint density at radius 2 is 1.68 bits per heavy atom. The molecule has 0 amide bonds. The molecule has 3 aliphatic rings. The maximum atomic E-state index is 4.99. The van der Waals surface area contributed by atoms with E-state index in [0.717, 1.165) is 10.9 Å². The van der Waals surface area contributed by atoms with Gasteiger partial charge in [0.05, 0.1) is 0 Å². The van der Waals surface area contributed by atoms with Crippen LogP contribution in [-0.2, 0) is 20.1 Å². The molecular formula is C26H22IrN-. The third-order valence-electron chi connectivity index (χ3n) is 6.76. The maximum Gasteiger partial charge on any atom is 0.0199 e. The molecule has 7 rings (SSSR count). The van der Waals surface area contributed by atoms with Gasteiger partial charge in [0.25, 0.3) is 0 Å². The van der Waals surface area contributed by atoms with Crippen LogP contribution < -0.4 is 0 Å². The van der Waals surface area contributed by atoms with Crippen LogP contribution in [0.4, 0.5) is 0 Å². The molecule has 0 spiro atoms. The van der Waals surface area contributed by atoms with Gasteiger partial charge in [-0.05, 0) is 65.1 Å². The predicted molar refractivity (Wildman–Crippen MR) is 112 cm³/mol. The Morgan fingerprint density at radius 1 is 0.857 bits per heavy atom. The summed E-state index contributed by atoms with van der Waals surface area (Å²) in [4.78, 5) is 4.99. The predicted octanol–water partition coefficient (Wildman–Crippen LogP) is 7.00. The summed E-state index contributed by atoms with van der Waals surface area (Å²) in [5.41, 5.74) is 6.86. The van der Waals surface area contributed by atoms with Crippen LogP contribution in [0.2, 0.25) is 0 Å². The van der Waals surface area contributed by atoms with E-state index in [-0.39, 0.29) is 20.1 Å². The van der Waals surface area contributed by atoms with Crippen molar-refractivity contribution < 1.29 is 20.1 Å². The summed E-state index contributed by atoms with van der Waals surface area (Å²) in [6, 6.07) is 23.0. The zero-order valence-electron chi connectivity index (χ0n) is 15.7. The second-order valence-electron chi connectivity index (χ2n) is 8.17. The SMILES string of the molecule is [Ir].[c-]1cccc2c(-c3ccccc3)cc3c4c(cnc3c12)C1CCCC4CC1. The standard InChI is InChI=1S/C26H22N.Ir/c1-2-7-17(8-3-1)22-15-23-25-19-10-6-9-18(13-14-19)24(25)16-27-26(23)21-12-5-4-11-20(21)22;/h1-5,7-8,11,15-16,18-19H,6,9-10,13-14H2;/q-1;. The smallest absolute Gasteiger partial charge is 0.0199 e. The maximum absolute atomic E-state index is 4.99. The van der Waals surface area contributed by atoms with Gasteiger partial charge in [0.1, 0.15) is 0 Å². The van der Waals surface area contributed by atoms with Crippen molar-refractivity contribution in [2.45, 2.75) is 43.9 Å². The molecule has 2 heteroatoms. The summed E-state index contributed by atoms with van der Waals surface area (Å²) in [6.45, 7) is 0. The van der Waals surface area contributed by atoms with Gasteiger partial charge in [-0.2, -0.15) is 0 Å². The third kappa shape index (κ3) is 2.66. The van der Waals surface area contributed by atoms with Gasteiger partial charge in [0, 0.05) is 26.3 Å². The van der Waals surface area contributed by atoms with E-state index in [0.29, 0.717) is 11.8 Å². The molecule has 0 saturated heterocycles. The summed E-state index contributed by atoms with van der Waals surface area (Å²) in [7, 11) is 0. The average molecular weight is 541 g/mol. The number of nitrogens with zero attached hydrogens (tertiary/aromatic N) is 1. The first-order valence-corrected chi connectivity index (χ1v) is 10.2. The molecule has 141 valence electrons. The first-order valence-electron chi connectivity index (χ1n) is 10.2. The first-order chi connectivity index (χ1) is 13.4. The van der Waals surface area contributed by atoms with Crippen molar-refractivity contribution in [1.29, 1.82) is 0 Å². The number of hydrogen-bond acceptors (Lipinski definition) is 1. The summed E-state index contributed by atoms with van der Waals surface area (Å²) in [5.74, 6) is 1.42. The number of benzene rings is 3. The fourth-order valence-electron chi connectivity index (χ4n) is 5.52. The molecule has 3 aromatic carbocycles. The minimum absolute atomic E-state index is 0. The zero-order valence-corrected chi connectivity index (χ0v) is 18.1. The van der Waals surface area contributed by atoms with E-state index < -0.39 is 0 Å². The second-order valence-corrected chi connectivity index (χ2v) is 8.17. The monoisotopic (exact) mass is 541 g/mol. The van der Waals surface area contributed by atoms with Gasteiger partial charge in [-0.25, -0.2) is 0 Å². The molecule has 2 unspecified atom stereocenters. The van der Waals surface area contributed by atoms with Gasteiger partial charge in [0.15, 0.2) is 0 Å². The molecule has 0 aliphatic heterocycles. The van der Waals surface area contributed by atoms with E-state index in [1.807, 2.05) is 6.07 Å². The first kappa shape index (κ1) is 18.0. The van der Waals surface area contributed by atoms with Crippen LogP contribution in [0.3, 0.4) is 0 Å². The quantitative estimate of drug-likeness (QED) is 0.187. The van der Waals surface area contributed by atoms with Gasteiger partial charge in [-0.3, -0.25) is 0 Å². The molecule has 2 atom stereocenters. The van der Waals surface area contributed by atoms with Crippen molar-refractivity contribution >= 4 is 21.7 Å². The Bertz CT molecular complexity index is 1160. The van der Waals surface area contributed by atoms with Crippen LogP contribution in [0.1, 0.15) is 55.1 Å². The second kappa shape index (κ2) is 7.10. The molecule has 1 radical (unpaired) electrons. The number of hydrogen-bond donors (Lipinski definition) is 0. The topological polar surface area (TPSA) is 12.9 Å². The zero-order chi connectivity index (χ0) is 17.8. The molecule has 1 fully saturated rings. The Morgan fingerprint density at radius 3 is 2.57 bits per heavy atom. The van der Waals surface area contributed by atoms with E-state index in [9.17, 15) is 0 Å². The van der Waals surface area contributed by atoms with Crippen molar-refractivity contribution in [3.05, 3.63) is 78.0 Å². The normalized spacial score (nSPS) is 20.6. The molecular weight excluding hydrogens is 519 g/mol. The van der Waals surface area contributed by atoms with Crippen LogP contribution in [-0.4, -0.2) is 4.98 Å². The van der Waals surface area contributed by atoms with Crippen molar-refractivity contribution in [3.63, 3.8) is 0 Å². The summed E-state index contributed by atoms with van der Waals surface area (Å²) in [6.07, 6.45) is 8.91. The summed E-state index contributed by atoms with van der Waals surface area (Å²) >= 11 is 0. The number of fused-ring (bicyclic) bond motifs is 6. The molecule has 2 bridgehead atoms. The van der Waals surface area contributed by atoms with Gasteiger partial charge in [-0.1, -0.05) is 53.8 Å². The summed E-state index contributed by atoms with van der Waals surface area (Å²) < 4.78 is 0. The van der Waals surface area contributed by atoms with E-state index in [1.54, 1.807) is 5.56 Å². The van der Waals surface area contributed by atoms with Crippen LogP contribution >= 0.6 is 0 Å². The minimum atomic E-state index is 0. The van der Waals surface area contributed by atoms with Crippen molar-refractivity contribution in [2.24, 2.45) is 0 Å². The fraction of sp³-hybridized carbons (Fsp3) is 0.269. The minimum Gasteiger partial charge on any atom is -0.304 e. The van der Waals surface area contributed by atoms with Crippen molar-refractivity contribution in [1.82, 2.24) is 4.98 Å². The third-order valence-corrected chi connectivity index (χ3v) is 6.76. The molecule has 0 N–H and O–H groups in total. The molecule has 3 aliphatic carbocycles. The van der Waals surface area contributed by atoms with Crippen LogP contribution in [0.25, 0.3) is 32.8 Å². The molecule has 1 aromatic heterocycles. The van der Waals surface area contributed by atoms with Crippen molar-refractivity contribution in [2.75, 3.05) is 0 Å². The van der Waals surface area contributed by atoms with E-state index >= 15 is 0 Å². The van der Waals surface area contributed by atoms with Gasteiger partial charge in [0.2, 0.25) is 0 Å². The fourth-order valence-corrected chi connectivity index (χ4v) is 5.52. The number of rotatable bonds is 1. The van der Waals surface area contributed by atoms with Gasteiger partial charge in [-0.15, -0.1) is 29.7 Å². The molecule has 4 aromatic rings. The number of aromatic nitrogens is 1. The average Bonchev–Trinajstić information content (AvgIpc) is 3.08. The van der Waals surface area contributed by atoms with Gasteiger partial charge < -0.3 is 4.98 Å². The van der Waals surface area contributed by atoms with E-state index in [1.165, 1.54) is 59.6 Å². The summed E-state index contributed by atoms with van der Waals surface area (Å²) in [5, 5.41) is 3.79. The Balaban J connectivity index is 0.00000171. The Labute approximate surface area is 179 Å². The molecule has 28 heavy (non-hydrogen) atoms.